The number of thiazole rings is 1. The molecule has 1 aliphatic carbocycles. The molecule has 0 radical (unpaired) electrons. The first-order chi connectivity index (χ1) is 60.8. The summed E-state index contributed by atoms with van der Waals surface area (Å²) in [5.74, 6) is 2.64. The first kappa shape index (κ1) is 130. The van der Waals surface area contributed by atoms with Crippen molar-refractivity contribution in [2.24, 2.45) is 59.6 Å². The van der Waals surface area contributed by atoms with Crippen molar-refractivity contribution in [3.05, 3.63) is 257 Å². The van der Waals surface area contributed by atoms with Gasteiger partial charge in [-0.05, 0) is 166 Å². The molecule has 10 heteroatoms. The highest BCUT2D eigenvalue weighted by molar-refractivity contribution is 7.18. The second-order valence-corrected chi connectivity index (χ2v) is 58.0. The molecule has 0 amide bonds. The minimum atomic E-state index is 0.0381. The molecule has 0 bridgehead atoms. The molecule has 1 aliphatic heterocycles. The largest absolute Gasteiger partial charge is 0.260 e. The Morgan fingerprint density at radius 3 is 0.868 bits per heavy atom. The van der Waals surface area contributed by atoms with Gasteiger partial charge in [0.05, 0.1) is 31.9 Å². The molecular formula is C126H205N9S. The van der Waals surface area contributed by atoms with Gasteiger partial charge < -0.3 is 0 Å². The lowest BCUT2D eigenvalue weighted by Crippen LogP contribution is -2.20. The molecule has 0 atom stereocenters. The molecule has 760 valence electrons. The van der Waals surface area contributed by atoms with Crippen LogP contribution in [0.2, 0.25) is 0 Å². The number of nitrogens with zero attached hydrogens (tertiary/aromatic N) is 9. The fourth-order valence-electron chi connectivity index (χ4n) is 10.6. The zero-order valence-electron chi connectivity index (χ0n) is 98.2. The van der Waals surface area contributed by atoms with Crippen LogP contribution in [0.5, 0.6) is 0 Å². The van der Waals surface area contributed by atoms with Gasteiger partial charge in [0, 0.05) is 99.1 Å². The van der Waals surface area contributed by atoms with E-state index in [4.69, 9.17) is 4.98 Å². The molecule has 7 heterocycles. The van der Waals surface area contributed by atoms with Gasteiger partial charge in [-0.25, -0.2) is 24.9 Å². The molecule has 0 saturated carbocycles. The lowest BCUT2D eigenvalue weighted by atomic mass is 9.79. The van der Waals surface area contributed by atoms with Gasteiger partial charge in [-0.3, -0.25) is 19.9 Å². The standard InChI is InChI=1S/C15H21NS.C13H21N.C13H18.C12H20N2.C12H15N.2C9H7N.C8H12N2.7C5H12/c1-14(2,3)10-7-8-12-11(9-10)16-13(17-12)15(4,5)6;1-12(2,3)10-7-8-11(14-9-10)13(4,5)6;1-13(2,3)12-8-10-6-4-5-7-11(10)9-12;1-11(2,3)9-7-13-10(14-8-9)12(4,5)6;1-12(2,3)11-8-9-6-4-5-7-10(9)13-11;2*1-2-6-9-8(4-1)5-3-7-10-9;1-8(2,3)7-9-5-4-6-10-7;7*1-5(2,3)4/h7-9H,1-6H3;7-9H,1-6H3;4-7,12H,8-9H2,1-3H3;7-8H,1-6H3;4-7H,8H2,1-3H3;2*1-7H;4-6H,1-3H3;7*1-4H3. The Kier molecular flexibility index (Phi) is 52.6. The first-order valence-electron chi connectivity index (χ1n) is 50.1. The van der Waals surface area contributed by atoms with Gasteiger partial charge in [0.2, 0.25) is 0 Å². The summed E-state index contributed by atoms with van der Waals surface area (Å²) in [7, 11) is 0. The number of para-hydroxylation sites is 3. The van der Waals surface area contributed by atoms with Crippen molar-refractivity contribution in [1.82, 2.24) is 39.9 Å². The van der Waals surface area contributed by atoms with Crippen molar-refractivity contribution >= 4 is 54.8 Å². The van der Waals surface area contributed by atoms with Gasteiger partial charge in [0.25, 0.3) is 0 Å². The number of rotatable bonds is 0. The molecular weight excluding hydrogens is 1670 g/mol. The van der Waals surface area contributed by atoms with E-state index in [-0.39, 0.29) is 43.3 Å². The minimum Gasteiger partial charge on any atom is -0.260 e. The van der Waals surface area contributed by atoms with E-state index >= 15 is 0 Å². The van der Waals surface area contributed by atoms with Gasteiger partial charge in [-0.1, -0.05) is 484 Å². The van der Waals surface area contributed by atoms with Crippen LogP contribution >= 0.6 is 11.3 Å². The Balaban J connectivity index is 0. The monoisotopic (exact) mass is 1880 g/mol. The van der Waals surface area contributed by atoms with Crippen molar-refractivity contribution in [3.8, 4) is 0 Å². The van der Waals surface area contributed by atoms with E-state index in [1.54, 1.807) is 23.5 Å². The Hall–Kier alpha value is -8.21. The number of hydrogen-bond acceptors (Lipinski definition) is 10. The Morgan fingerprint density at radius 2 is 0.566 bits per heavy atom. The second-order valence-electron chi connectivity index (χ2n) is 57.0. The molecule has 0 fully saturated rings. The van der Waals surface area contributed by atoms with Crippen LogP contribution in [-0.2, 0) is 57.2 Å². The van der Waals surface area contributed by atoms with Crippen LogP contribution in [0.3, 0.4) is 0 Å². The first-order valence-corrected chi connectivity index (χ1v) is 50.9. The van der Waals surface area contributed by atoms with Gasteiger partial charge in [0.1, 0.15) is 11.6 Å². The maximum Gasteiger partial charge on any atom is 0.133 e. The van der Waals surface area contributed by atoms with Crippen molar-refractivity contribution in [2.45, 2.75) is 438 Å². The molecule has 9 nitrogen and oxygen atoms in total. The summed E-state index contributed by atoms with van der Waals surface area (Å²) >= 11 is 1.81. The predicted octanol–water partition coefficient (Wildman–Crippen LogP) is 39.1. The van der Waals surface area contributed by atoms with Gasteiger partial charge in [-0.2, -0.15) is 0 Å². The summed E-state index contributed by atoms with van der Waals surface area (Å²) in [6.07, 6.45) is 16.6. The molecule has 0 unspecified atom stereocenters. The van der Waals surface area contributed by atoms with E-state index < -0.39 is 0 Å². The maximum atomic E-state index is 4.78. The van der Waals surface area contributed by atoms with Crippen LogP contribution in [0.25, 0.3) is 32.0 Å². The third kappa shape index (κ3) is 68.8. The Bertz CT molecular complexity index is 4580. The van der Waals surface area contributed by atoms with Crippen molar-refractivity contribution in [3.63, 3.8) is 0 Å². The number of benzene rings is 5. The quantitative estimate of drug-likeness (QED) is 0.147. The maximum absolute atomic E-state index is 4.78. The summed E-state index contributed by atoms with van der Waals surface area (Å²) < 4.78 is 1.29. The van der Waals surface area contributed by atoms with Gasteiger partial charge >= 0.3 is 0 Å². The van der Waals surface area contributed by atoms with Crippen LogP contribution in [-0.4, -0.2) is 45.6 Å². The molecule has 136 heavy (non-hydrogen) atoms. The molecule has 2 aliphatic rings. The number of pyridine rings is 3. The number of aromatic nitrogens is 8. The summed E-state index contributed by atoms with van der Waals surface area (Å²) in [6, 6.07) is 54.3. The van der Waals surface area contributed by atoms with Gasteiger partial charge in [-0.15, -0.1) is 11.3 Å². The lowest BCUT2D eigenvalue weighted by Gasteiger charge is -2.26. The highest BCUT2D eigenvalue weighted by atomic mass is 32.1. The number of hydrogen-bond donors (Lipinski definition) is 0. The lowest BCUT2D eigenvalue weighted by molar-refractivity contribution is 0.251. The summed E-state index contributed by atoms with van der Waals surface area (Å²) in [5, 5.41) is 3.62. The molecule has 0 spiro atoms. The normalized spacial score (nSPS) is 12.9. The van der Waals surface area contributed by atoms with E-state index in [1.165, 1.54) is 61.3 Å². The average Bonchev–Trinajstić information content (AvgIpc) is 1.65. The van der Waals surface area contributed by atoms with E-state index in [0.717, 1.165) is 51.9 Å². The van der Waals surface area contributed by atoms with Gasteiger partial charge in [0.15, 0.2) is 0 Å². The van der Waals surface area contributed by atoms with Crippen LogP contribution in [0.4, 0.5) is 5.69 Å². The van der Waals surface area contributed by atoms with Crippen LogP contribution in [0, 0.1) is 54.7 Å². The molecule has 13 rings (SSSR count). The SMILES string of the molecule is CC(C)(C)C.CC(C)(C)C.CC(C)(C)C.CC(C)(C)C.CC(C)(C)C.CC(C)(C)C.CC(C)(C)C.CC(C)(C)C1=Nc2ccccc2C1.CC(C)(C)C1Cc2ccccc2C1.CC(C)(C)c1ccc(C(C)(C)C)nc1.CC(C)(C)c1ccc2sc(C(C)(C)C)nc2c1.CC(C)(C)c1cnc(C(C)(C)C)nc1.CC(C)(C)c1ncccn1.c1ccc2ncccc2c1.c1ccc2ncccc2c1. The molecule has 6 aromatic heterocycles. The third-order valence-corrected chi connectivity index (χ3v) is 19.0. The van der Waals surface area contributed by atoms with Crippen LogP contribution in [0.15, 0.2) is 206 Å². The summed E-state index contributed by atoms with van der Waals surface area (Å²) in [6.45, 7) is 121. The smallest absolute Gasteiger partial charge is 0.133 e. The van der Waals surface area contributed by atoms with Crippen LogP contribution < -0.4 is 0 Å². The Labute approximate surface area is 843 Å². The minimum absolute atomic E-state index is 0.0381. The zero-order chi connectivity index (χ0) is 106. The highest BCUT2D eigenvalue weighted by Gasteiger charge is 2.31. The topological polar surface area (TPSA) is 115 Å². The fourth-order valence-corrected chi connectivity index (χ4v) is 11.6. The zero-order valence-corrected chi connectivity index (χ0v) is 99.0. The highest BCUT2D eigenvalue weighted by Crippen LogP contribution is 2.39. The molecule has 0 saturated heterocycles. The van der Waals surface area contributed by atoms with Crippen molar-refractivity contribution in [2.75, 3.05) is 0 Å². The van der Waals surface area contributed by atoms with E-state index in [9.17, 15) is 0 Å². The summed E-state index contributed by atoms with van der Waals surface area (Å²) in [5.41, 5.74) is 20.3. The molecule has 11 aromatic rings. The molecule has 0 N–H and O–H groups in total. The van der Waals surface area contributed by atoms with Crippen LogP contribution in [0.1, 0.15) is 437 Å². The molecule has 5 aromatic carbocycles. The fraction of sp³-hybridized carbons (Fsp3) is 0.595. The van der Waals surface area contributed by atoms with Crippen molar-refractivity contribution < 1.29 is 0 Å². The second kappa shape index (κ2) is 55.1. The predicted molar refractivity (Wildman–Crippen MR) is 612 cm³/mol. The Morgan fingerprint density at radius 1 is 0.250 bits per heavy atom. The average molecular weight is 1880 g/mol. The van der Waals surface area contributed by atoms with E-state index in [0.29, 0.717) is 43.3 Å². The third-order valence-electron chi connectivity index (χ3n) is 17.5. The van der Waals surface area contributed by atoms with E-state index in [1.807, 2.05) is 103 Å². The number of fused-ring (bicyclic) bond motifs is 5. The number of aliphatic imine (C=N–C) groups is 1. The summed E-state index contributed by atoms with van der Waals surface area (Å²) in [4.78, 5) is 39.4. The van der Waals surface area contributed by atoms with E-state index in [2.05, 4.69) is 518 Å². The van der Waals surface area contributed by atoms with Crippen molar-refractivity contribution in [1.29, 1.82) is 0 Å².